The number of nitrogens with zero attached hydrogens (tertiary/aromatic N) is 4. The molecule has 0 aliphatic carbocycles. The van der Waals surface area contributed by atoms with Crippen LogP contribution in [0.4, 0.5) is 26.3 Å². The van der Waals surface area contributed by atoms with Gasteiger partial charge >= 0.3 is 24.2 Å². The summed E-state index contributed by atoms with van der Waals surface area (Å²) < 4.78 is 94.5. The highest BCUT2D eigenvalue weighted by atomic mass is 19.4. The summed E-state index contributed by atoms with van der Waals surface area (Å²) in [4.78, 5) is 84.0. The van der Waals surface area contributed by atoms with E-state index in [4.69, 9.17) is 9.47 Å². The van der Waals surface area contributed by atoms with E-state index in [9.17, 15) is 55.1 Å². The fraction of sp³-hybridized carbons (Fsp3) is 0.577. The minimum atomic E-state index is -5.14. The molecule has 406 valence electrons. The number of likely N-dealkylation sites (tertiary alicyclic amines) is 2. The van der Waals surface area contributed by atoms with Crippen molar-refractivity contribution in [2.75, 3.05) is 66.6 Å². The van der Waals surface area contributed by atoms with E-state index in [2.05, 4.69) is 44.9 Å². The van der Waals surface area contributed by atoms with Gasteiger partial charge in [-0.2, -0.15) is 26.3 Å². The number of benzene rings is 2. The van der Waals surface area contributed by atoms with Gasteiger partial charge in [-0.25, -0.2) is 0 Å². The number of nitrogens with one attached hydrogen (secondary N) is 4. The number of ether oxygens (including phenoxy) is 2. The van der Waals surface area contributed by atoms with Gasteiger partial charge in [0.15, 0.2) is 0 Å². The lowest BCUT2D eigenvalue weighted by molar-refractivity contribution is -0.186. The highest BCUT2D eigenvalue weighted by molar-refractivity contribution is 5.91. The summed E-state index contributed by atoms with van der Waals surface area (Å²) in [6.45, 7) is 4.78. The maximum absolute atomic E-state index is 14.2. The molecular formula is C52H68F6N8O8. The molecular weight excluding hydrogens is 979 g/mol. The van der Waals surface area contributed by atoms with Crippen molar-refractivity contribution in [3.8, 4) is 23.7 Å². The molecule has 2 aliphatic heterocycles. The van der Waals surface area contributed by atoms with Crippen LogP contribution in [0.2, 0.25) is 0 Å². The number of alkyl halides is 6. The molecule has 2 heterocycles. The average molecular weight is 1050 g/mol. The number of amides is 6. The lowest BCUT2D eigenvalue weighted by atomic mass is 10.1. The lowest BCUT2D eigenvalue weighted by Gasteiger charge is -2.35. The normalized spacial score (nSPS) is 18.1. The summed E-state index contributed by atoms with van der Waals surface area (Å²) in [6, 6.07) is 11.9. The lowest BCUT2D eigenvalue weighted by Crippen LogP contribution is -2.59. The number of hydrogen-bond acceptors (Lipinski definition) is 10. The first kappa shape index (κ1) is 60.4. The Labute approximate surface area is 429 Å². The van der Waals surface area contributed by atoms with Crippen molar-refractivity contribution in [1.29, 1.82) is 0 Å². The second kappa shape index (κ2) is 29.0. The summed E-state index contributed by atoms with van der Waals surface area (Å²) in [5, 5.41) is 11.0. The molecule has 0 aromatic heterocycles. The number of rotatable bonds is 24. The summed E-state index contributed by atoms with van der Waals surface area (Å²) in [6.07, 6.45) is -10.4. The van der Waals surface area contributed by atoms with Gasteiger partial charge in [0, 0.05) is 51.4 Å². The molecule has 16 nitrogen and oxygen atoms in total. The summed E-state index contributed by atoms with van der Waals surface area (Å²) in [5.41, 5.74) is 1.47. The number of carbonyl (C=O) groups excluding carboxylic acids is 6. The smallest absolute Gasteiger partial charge is 0.363 e. The second-order valence-electron chi connectivity index (χ2n) is 18.3. The van der Waals surface area contributed by atoms with Crippen molar-refractivity contribution in [2.45, 2.75) is 127 Å². The average Bonchev–Trinajstić information content (AvgIpc) is 4.06. The topological polar surface area (TPSA) is 182 Å². The predicted octanol–water partition coefficient (Wildman–Crippen LogP) is 3.24. The molecule has 22 heteroatoms. The van der Waals surface area contributed by atoms with Crippen LogP contribution in [0.5, 0.6) is 0 Å². The Morgan fingerprint density at radius 3 is 1.28 bits per heavy atom. The predicted molar refractivity (Wildman–Crippen MR) is 262 cm³/mol. The number of carbonyl (C=O) groups is 6. The molecule has 0 bridgehead atoms. The first-order chi connectivity index (χ1) is 35.1. The maximum Gasteiger partial charge on any atom is 0.471 e. The molecule has 2 unspecified atom stereocenters. The SMILES string of the molecule is CN[C@@H](C)C(=O)N[C@H](C(=O)N1CCC[C@H]1CN(CCc1ccccc1)C(=O)C(F)(F)F)C(C)OCC#CC#CCO[C@H](C)[C@H](NC(=O)[C@H](C)NC)C(=O)N1CCCC1CN(CCc1ccccc1)C(=O)C(F)(F)F. The van der Waals surface area contributed by atoms with E-state index >= 15 is 0 Å². The van der Waals surface area contributed by atoms with Gasteiger partial charge in [0.2, 0.25) is 23.6 Å². The number of likely N-dealkylation sites (N-methyl/N-ethyl adjacent to an activating group) is 2. The molecule has 8 atom stereocenters. The Bertz CT molecular complexity index is 2150. The second-order valence-corrected chi connectivity index (χ2v) is 18.3. The van der Waals surface area contributed by atoms with Crippen LogP contribution in [-0.2, 0) is 51.1 Å². The summed E-state index contributed by atoms with van der Waals surface area (Å²) in [5.74, 6) is 4.25. The van der Waals surface area contributed by atoms with Crippen molar-refractivity contribution in [3.63, 3.8) is 0 Å². The van der Waals surface area contributed by atoms with E-state index in [0.29, 0.717) is 35.5 Å². The van der Waals surface area contributed by atoms with Crippen molar-refractivity contribution >= 4 is 35.4 Å². The van der Waals surface area contributed by atoms with Crippen LogP contribution >= 0.6 is 0 Å². The molecule has 4 N–H and O–H groups in total. The third-order valence-electron chi connectivity index (χ3n) is 13.1. The Balaban J connectivity index is 1.41. The fourth-order valence-corrected chi connectivity index (χ4v) is 8.50. The van der Waals surface area contributed by atoms with Gasteiger partial charge < -0.3 is 50.3 Å². The zero-order chi connectivity index (χ0) is 54.6. The van der Waals surface area contributed by atoms with Crippen LogP contribution in [0.1, 0.15) is 64.5 Å². The molecule has 2 aromatic carbocycles. The van der Waals surface area contributed by atoms with E-state index in [1.807, 2.05) is 0 Å². The molecule has 0 spiro atoms. The van der Waals surface area contributed by atoms with Crippen LogP contribution in [0, 0.1) is 23.7 Å². The third kappa shape index (κ3) is 18.3. The van der Waals surface area contributed by atoms with Crippen molar-refractivity contribution in [1.82, 2.24) is 40.9 Å². The Morgan fingerprint density at radius 2 is 0.959 bits per heavy atom. The van der Waals surface area contributed by atoms with Gasteiger partial charge in [-0.15, -0.1) is 0 Å². The molecule has 6 amide bonds. The maximum atomic E-state index is 14.2. The van der Waals surface area contributed by atoms with Crippen LogP contribution < -0.4 is 21.3 Å². The van der Waals surface area contributed by atoms with E-state index in [1.54, 1.807) is 88.6 Å². The summed E-state index contributed by atoms with van der Waals surface area (Å²) >= 11 is 0. The Morgan fingerprint density at radius 1 is 0.608 bits per heavy atom. The molecule has 0 saturated carbocycles. The van der Waals surface area contributed by atoms with E-state index in [0.717, 1.165) is 11.1 Å². The molecule has 2 aliphatic rings. The first-order valence-electron chi connectivity index (χ1n) is 24.6. The molecule has 2 fully saturated rings. The van der Waals surface area contributed by atoms with Crippen LogP contribution in [-0.4, -0.2) is 182 Å². The minimum Gasteiger partial charge on any atom is -0.363 e. The quantitative estimate of drug-likeness (QED) is 0.0901. The standard InChI is InChI=1S/C52H68F6N8O8/c1-35(59-5)45(67)61-43(47(69)65-27-17-23-41(65)33-63(49(71)51(53,54)55)29-25-39-19-11-9-12-20-39)37(3)73-31-15-7-8-16-32-74-38(4)44(62-46(68)36(2)60-6)48(70)66-28-18-24-42(66)34-64(50(72)52(56,57)58)30-26-40-21-13-10-14-22-40/h9-14,19-22,35-38,41-44,59-60H,17-18,23-34H2,1-6H3,(H,61,67)(H,62,68)/t35-,36-,37+,38?,41?,42-,43-,44-/m0/s1. The number of hydrogen-bond donors (Lipinski definition) is 4. The third-order valence-corrected chi connectivity index (χ3v) is 13.1. The number of halogens is 6. The minimum absolute atomic E-state index is 0.159. The van der Waals surface area contributed by atoms with Crippen molar-refractivity contribution < 1.29 is 64.6 Å². The largest absolute Gasteiger partial charge is 0.471 e. The Kier molecular flexibility index (Phi) is 23.7. The van der Waals surface area contributed by atoms with Crippen LogP contribution in [0.3, 0.4) is 0 Å². The van der Waals surface area contributed by atoms with E-state index in [1.165, 1.54) is 23.6 Å². The highest BCUT2D eigenvalue weighted by Gasteiger charge is 2.46. The van der Waals surface area contributed by atoms with E-state index in [-0.39, 0.29) is 65.3 Å². The van der Waals surface area contributed by atoms with Gasteiger partial charge in [0.25, 0.3) is 0 Å². The molecule has 2 saturated heterocycles. The van der Waals surface area contributed by atoms with E-state index < -0.39 is 96.3 Å². The van der Waals surface area contributed by atoms with Crippen molar-refractivity contribution in [3.05, 3.63) is 71.8 Å². The van der Waals surface area contributed by atoms with Crippen LogP contribution in [0.25, 0.3) is 0 Å². The van der Waals surface area contributed by atoms with Gasteiger partial charge in [-0.05, 0) is 103 Å². The molecule has 74 heavy (non-hydrogen) atoms. The van der Waals surface area contributed by atoms with Gasteiger partial charge in [0.05, 0.1) is 24.3 Å². The zero-order valence-electron chi connectivity index (χ0n) is 42.6. The fourth-order valence-electron chi connectivity index (χ4n) is 8.50. The first-order valence-corrected chi connectivity index (χ1v) is 24.6. The van der Waals surface area contributed by atoms with Gasteiger partial charge in [0.1, 0.15) is 25.3 Å². The Hall–Kier alpha value is -6.20. The molecule has 2 aromatic rings. The monoisotopic (exact) mass is 1050 g/mol. The highest BCUT2D eigenvalue weighted by Crippen LogP contribution is 2.27. The van der Waals surface area contributed by atoms with Gasteiger partial charge in [-0.3, -0.25) is 28.8 Å². The summed E-state index contributed by atoms with van der Waals surface area (Å²) in [7, 11) is 3.10. The van der Waals surface area contributed by atoms with Crippen LogP contribution in [0.15, 0.2) is 60.7 Å². The molecule has 4 rings (SSSR count). The van der Waals surface area contributed by atoms with Crippen molar-refractivity contribution in [2.24, 2.45) is 0 Å². The molecule has 0 radical (unpaired) electrons. The van der Waals surface area contributed by atoms with Gasteiger partial charge in [-0.1, -0.05) is 72.5 Å². The zero-order valence-corrected chi connectivity index (χ0v) is 42.6.